The van der Waals surface area contributed by atoms with Gasteiger partial charge in [0.05, 0.1) is 42.5 Å². The van der Waals surface area contributed by atoms with Gasteiger partial charge >= 0.3 is 0 Å². The van der Waals surface area contributed by atoms with Gasteiger partial charge in [-0.25, -0.2) is 4.98 Å². The topological polar surface area (TPSA) is 72.5 Å². The Balaban J connectivity index is 1.72. The minimum Gasteiger partial charge on any atom is -0.497 e. The molecule has 0 radical (unpaired) electrons. The average molecular weight is 384 g/mol. The van der Waals surface area contributed by atoms with Crippen LogP contribution in [0.25, 0.3) is 0 Å². The zero-order chi connectivity index (χ0) is 19.2. The summed E-state index contributed by atoms with van der Waals surface area (Å²) in [5.74, 6) is 0.792. The lowest BCUT2D eigenvalue weighted by molar-refractivity contribution is 0.102. The molecular weight excluding hydrogens is 366 g/mol. The number of methoxy groups -OCH3 is 2. The molecule has 0 aliphatic carbocycles. The number of halogens is 1. The molecule has 0 atom stereocenters. The summed E-state index contributed by atoms with van der Waals surface area (Å²) < 4.78 is 10.4. The van der Waals surface area contributed by atoms with Crippen LogP contribution in [0.5, 0.6) is 11.5 Å². The second-order valence-corrected chi connectivity index (χ2v) is 5.96. The molecule has 3 aromatic rings. The Kier molecular flexibility index (Phi) is 5.78. The van der Waals surface area contributed by atoms with E-state index in [1.807, 2.05) is 18.2 Å². The zero-order valence-corrected chi connectivity index (χ0v) is 15.6. The summed E-state index contributed by atoms with van der Waals surface area (Å²) in [4.78, 5) is 16.7. The first-order valence-corrected chi connectivity index (χ1v) is 8.49. The van der Waals surface area contributed by atoms with Crippen molar-refractivity contribution >= 4 is 34.6 Å². The normalized spacial score (nSPS) is 10.2. The number of anilines is 3. The van der Waals surface area contributed by atoms with Crippen LogP contribution < -0.4 is 20.1 Å². The Morgan fingerprint density at radius 1 is 1.00 bits per heavy atom. The molecule has 1 amide bonds. The van der Waals surface area contributed by atoms with Gasteiger partial charge in [0, 0.05) is 6.07 Å². The number of nitrogens with zero attached hydrogens (tertiary/aromatic N) is 1. The number of aromatic nitrogens is 1. The summed E-state index contributed by atoms with van der Waals surface area (Å²) in [5.41, 5.74) is 2.30. The molecule has 1 aromatic heterocycles. The highest BCUT2D eigenvalue weighted by Crippen LogP contribution is 2.29. The molecule has 0 aliphatic heterocycles. The van der Waals surface area contributed by atoms with E-state index in [1.165, 1.54) is 7.11 Å². The predicted molar refractivity (Wildman–Crippen MR) is 106 cm³/mol. The van der Waals surface area contributed by atoms with Gasteiger partial charge in [0.1, 0.15) is 17.2 Å². The molecule has 27 heavy (non-hydrogen) atoms. The number of hydrogen-bond donors (Lipinski definition) is 2. The number of carbonyl (C=O) groups excluding carboxylic acids is 1. The minimum atomic E-state index is -0.345. The summed E-state index contributed by atoms with van der Waals surface area (Å²) in [6.07, 6.45) is 1.57. The first-order valence-electron chi connectivity index (χ1n) is 8.11. The Hall–Kier alpha value is -3.25. The Bertz CT molecular complexity index is 945. The molecule has 0 saturated heterocycles. The molecule has 0 unspecified atom stereocenters. The summed E-state index contributed by atoms with van der Waals surface area (Å²) >= 11 is 6.13. The highest BCUT2D eigenvalue weighted by Gasteiger charge is 2.12. The second kappa shape index (κ2) is 8.42. The lowest BCUT2D eigenvalue weighted by Gasteiger charge is -2.12. The summed E-state index contributed by atoms with van der Waals surface area (Å²) in [6.45, 7) is 0. The fourth-order valence-electron chi connectivity index (χ4n) is 2.41. The van der Waals surface area contributed by atoms with Crippen molar-refractivity contribution in [3.05, 3.63) is 71.5 Å². The average Bonchev–Trinajstić information content (AvgIpc) is 2.70. The smallest absolute Gasteiger partial charge is 0.274 e. The van der Waals surface area contributed by atoms with Gasteiger partial charge in [0.25, 0.3) is 5.91 Å². The standard InChI is InChI=1S/C20H18ClN3O3/c1-26-14-8-10-17(19(11-14)27-2)24-20(25)18-9-7-13(12-22-18)23-16-6-4-3-5-15(16)21/h3-12,23H,1-2H3,(H,24,25). The maximum Gasteiger partial charge on any atom is 0.274 e. The third-order valence-electron chi connectivity index (χ3n) is 3.81. The van der Waals surface area contributed by atoms with Crippen molar-refractivity contribution in [1.82, 2.24) is 4.98 Å². The van der Waals surface area contributed by atoms with Crippen LogP contribution in [-0.2, 0) is 0 Å². The molecular formula is C20H18ClN3O3. The van der Waals surface area contributed by atoms with Crippen molar-refractivity contribution in [1.29, 1.82) is 0 Å². The largest absolute Gasteiger partial charge is 0.497 e. The van der Waals surface area contributed by atoms with E-state index < -0.39 is 0 Å². The van der Waals surface area contributed by atoms with E-state index >= 15 is 0 Å². The van der Waals surface area contributed by atoms with E-state index in [0.717, 1.165) is 11.4 Å². The molecule has 0 bridgehead atoms. The van der Waals surface area contributed by atoms with Crippen LogP contribution in [-0.4, -0.2) is 25.1 Å². The number of pyridine rings is 1. The van der Waals surface area contributed by atoms with Crippen molar-refractivity contribution in [3.63, 3.8) is 0 Å². The summed E-state index contributed by atoms with van der Waals surface area (Å²) in [7, 11) is 3.09. The van der Waals surface area contributed by atoms with E-state index in [9.17, 15) is 4.79 Å². The van der Waals surface area contributed by atoms with Crippen molar-refractivity contribution in [2.75, 3.05) is 24.9 Å². The molecule has 0 saturated carbocycles. The number of amides is 1. The number of benzene rings is 2. The molecule has 0 spiro atoms. The van der Waals surface area contributed by atoms with Crippen molar-refractivity contribution < 1.29 is 14.3 Å². The van der Waals surface area contributed by atoms with Gasteiger partial charge in [-0.15, -0.1) is 0 Å². The number of para-hydroxylation sites is 1. The lowest BCUT2D eigenvalue weighted by Crippen LogP contribution is -2.14. The Morgan fingerprint density at radius 3 is 2.48 bits per heavy atom. The fourth-order valence-corrected chi connectivity index (χ4v) is 2.59. The van der Waals surface area contributed by atoms with E-state index in [1.54, 1.807) is 49.7 Å². The molecule has 0 fully saturated rings. The van der Waals surface area contributed by atoms with Crippen LogP contribution in [0, 0.1) is 0 Å². The second-order valence-electron chi connectivity index (χ2n) is 5.56. The minimum absolute atomic E-state index is 0.276. The lowest BCUT2D eigenvalue weighted by atomic mass is 10.2. The van der Waals surface area contributed by atoms with E-state index in [0.29, 0.717) is 22.2 Å². The van der Waals surface area contributed by atoms with Gasteiger partial charge in [-0.05, 0) is 36.4 Å². The van der Waals surface area contributed by atoms with E-state index in [2.05, 4.69) is 15.6 Å². The molecule has 1 heterocycles. The molecule has 2 N–H and O–H groups in total. The maximum atomic E-state index is 12.5. The number of ether oxygens (including phenoxy) is 2. The van der Waals surface area contributed by atoms with Gasteiger partial charge in [0.15, 0.2) is 0 Å². The fraction of sp³-hybridized carbons (Fsp3) is 0.100. The summed E-state index contributed by atoms with van der Waals surface area (Å²) in [6, 6.07) is 15.9. The monoisotopic (exact) mass is 383 g/mol. The third-order valence-corrected chi connectivity index (χ3v) is 4.14. The van der Waals surface area contributed by atoms with Gasteiger partial charge in [-0.1, -0.05) is 23.7 Å². The first kappa shape index (κ1) is 18.5. The number of nitrogens with one attached hydrogen (secondary N) is 2. The number of carbonyl (C=O) groups is 1. The summed E-state index contributed by atoms with van der Waals surface area (Å²) in [5, 5.41) is 6.55. The highest BCUT2D eigenvalue weighted by molar-refractivity contribution is 6.33. The molecule has 6 nitrogen and oxygen atoms in total. The van der Waals surface area contributed by atoms with Crippen LogP contribution in [0.4, 0.5) is 17.1 Å². The number of rotatable bonds is 6. The van der Waals surface area contributed by atoms with Crippen molar-refractivity contribution in [2.24, 2.45) is 0 Å². The van der Waals surface area contributed by atoms with Crippen molar-refractivity contribution in [3.8, 4) is 11.5 Å². The molecule has 3 rings (SSSR count). The van der Waals surface area contributed by atoms with Crippen LogP contribution in [0.15, 0.2) is 60.8 Å². The highest BCUT2D eigenvalue weighted by atomic mass is 35.5. The third kappa shape index (κ3) is 4.48. The van der Waals surface area contributed by atoms with Crippen LogP contribution >= 0.6 is 11.6 Å². The molecule has 7 heteroatoms. The Morgan fingerprint density at radius 2 is 1.81 bits per heavy atom. The van der Waals surface area contributed by atoms with Crippen molar-refractivity contribution in [2.45, 2.75) is 0 Å². The molecule has 0 aliphatic rings. The zero-order valence-electron chi connectivity index (χ0n) is 14.8. The van der Waals surface area contributed by atoms with E-state index in [-0.39, 0.29) is 11.6 Å². The molecule has 2 aromatic carbocycles. The van der Waals surface area contributed by atoms with Gasteiger partial charge in [-0.3, -0.25) is 4.79 Å². The molecule has 138 valence electrons. The maximum absolute atomic E-state index is 12.5. The van der Waals surface area contributed by atoms with Gasteiger partial charge < -0.3 is 20.1 Å². The van der Waals surface area contributed by atoms with Gasteiger partial charge in [-0.2, -0.15) is 0 Å². The van der Waals surface area contributed by atoms with Crippen LogP contribution in [0.2, 0.25) is 5.02 Å². The number of hydrogen-bond acceptors (Lipinski definition) is 5. The Labute approximate surface area is 162 Å². The van der Waals surface area contributed by atoms with Crippen LogP contribution in [0.1, 0.15) is 10.5 Å². The van der Waals surface area contributed by atoms with Crippen LogP contribution in [0.3, 0.4) is 0 Å². The quantitative estimate of drug-likeness (QED) is 0.642. The predicted octanol–water partition coefficient (Wildman–Crippen LogP) is 4.75. The van der Waals surface area contributed by atoms with Gasteiger partial charge in [0.2, 0.25) is 0 Å². The van der Waals surface area contributed by atoms with E-state index in [4.69, 9.17) is 21.1 Å². The SMILES string of the molecule is COc1ccc(NC(=O)c2ccc(Nc3ccccc3Cl)cn2)c(OC)c1. The first-order chi connectivity index (χ1) is 13.1.